The first kappa shape index (κ1) is 14.8. The SMILES string of the molecule is CC(C)N1CCN(CC2(CNC3CC3)CCCC2)CC1. The van der Waals surface area contributed by atoms with E-state index in [0.29, 0.717) is 11.5 Å². The van der Waals surface area contributed by atoms with Crippen LogP contribution in [-0.4, -0.2) is 61.2 Å². The average molecular weight is 279 g/mol. The van der Waals surface area contributed by atoms with Crippen LogP contribution in [0.15, 0.2) is 0 Å². The van der Waals surface area contributed by atoms with Crippen molar-refractivity contribution in [3.05, 3.63) is 0 Å². The largest absolute Gasteiger partial charge is 0.313 e. The Bertz CT molecular complexity index is 297. The molecule has 3 nitrogen and oxygen atoms in total. The molecule has 0 aromatic heterocycles. The molecule has 2 aliphatic carbocycles. The van der Waals surface area contributed by atoms with Crippen LogP contribution in [-0.2, 0) is 0 Å². The summed E-state index contributed by atoms with van der Waals surface area (Å²) in [6, 6.07) is 1.58. The molecule has 116 valence electrons. The van der Waals surface area contributed by atoms with Crippen LogP contribution in [0.5, 0.6) is 0 Å². The van der Waals surface area contributed by atoms with Gasteiger partial charge in [-0.15, -0.1) is 0 Å². The molecule has 20 heavy (non-hydrogen) atoms. The Hall–Kier alpha value is -0.120. The zero-order chi connectivity index (χ0) is 14.0. The van der Waals surface area contributed by atoms with Crippen LogP contribution in [0.2, 0.25) is 0 Å². The summed E-state index contributed by atoms with van der Waals surface area (Å²) in [7, 11) is 0. The third kappa shape index (κ3) is 3.75. The number of hydrogen-bond acceptors (Lipinski definition) is 3. The van der Waals surface area contributed by atoms with Crippen molar-refractivity contribution in [1.82, 2.24) is 15.1 Å². The summed E-state index contributed by atoms with van der Waals surface area (Å²) in [5.41, 5.74) is 0.600. The van der Waals surface area contributed by atoms with Gasteiger partial charge in [0.25, 0.3) is 0 Å². The van der Waals surface area contributed by atoms with Crippen molar-refractivity contribution in [2.45, 2.75) is 64.5 Å². The molecule has 0 unspecified atom stereocenters. The number of piperazine rings is 1. The Kier molecular flexibility index (Phi) is 4.68. The third-order valence-corrected chi connectivity index (χ3v) is 5.70. The highest BCUT2D eigenvalue weighted by atomic mass is 15.3. The Morgan fingerprint density at radius 1 is 1.05 bits per heavy atom. The van der Waals surface area contributed by atoms with Gasteiger partial charge < -0.3 is 10.2 Å². The number of nitrogens with one attached hydrogen (secondary N) is 1. The maximum atomic E-state index is 3.82. The second-order valence-corrected chi connectivity index (χ2v) is 7.77. The summed E-state index contributed by atoms with van der Waals surface area (Å²) in [5.74, 6) is 0. The molecule has 0 spiro atoms. The molecular formula is C17H33N3. The fourth-order valence-electron chi connectivity index (χ4n) is 4.08. The summed E-state index contributed by atoms with van der Waals surface area (Å²) in [6.45, 7) is 12.4. The van der Waals surface area contributed by atoms with E-state index in [1.165, 1.54) is 77.8 Å². The topological polar surface area (TPSA) is 18.5 Å². The second-order valence-electron chi connectivity index (χ2n) is 7.77. The second kappa shape index (κ2) is 6.33. The standard InChI is InChI=1S/C17H33N3/c1-15(2)20-11-9-19(10-12-20)14-17(7-3-4-8-17)13-18-16-5-6-16/h15-16,18H,3-14H2,1-2H3. The van der Waals surface area contributed by atoms with Gasteiger partial charge >= 0.3 is 0 Å². The molecule has 0 atom stereocenters. The van der Waals surface area contributed by atoms with Crippen LogP contribution >= 0.6 is 0 Å². The Morgan fingerprint density at radius 3 is 2.25 bits per heavy atom. The van der Waals surface area contributed by atoms with Crippen LogP contribution in [0.3, 0.4) is 0 Å². The Labute approximate surface area is 125 Å². The lowest BCUT2D eigenvalue weighted by atomic mass is 9.85. The van der Waals surface area contributed by atoms with Crippen molar-refractivity contribution in [2.75, 3.05) is 39.3 Å². The zero-order valence-corrected chi connectivity index (χ0v) is 13.5. The van der Waals surface area contributed by atoms with Crippen LogP contribution in [0.25, 0.3) is 0 Å². The fraction of sp³-hybridized carbons (Fsp3) is 1.00. The minimum atomic E-state index is 0.600. The molecule has 2 saturated carbocycles. The highest BCUT2D eigenvalue weighted by molar-refractivity contribution is 4.93. The maximum absolute atomic E-state index is 3.82. The molecule has 0 aromatic rings. The van der Waals surface area contributed by atoms with Gasteiger partial charge in [-0.1, -0.05) is 12.8 Å². The van der Waals surface area contributed by atoms with Crippen LogP contribution < -0.4 is 5.32 Å². The number of hydrogen-bond donors (Lipinski definition) is 1. The molecule has 1 saturated heterocycles. The molecular weight excluding hydrogens is 246 g/mol. The molecule has 0 radical (unpaired) electrons. The van der Waals surface area contributed by atoms with Crippen molar-refractivity contribution in [3.63, 3.8) is 0 Å². The van der Waals surface area contributed by atoms with Crippen LogP contribution in [0, 0.1) is 5.41 Å². The summed E-state index contributed by atoms with van der Waals surface area (Å²) >= 11 is 0. The quantitative estimate of drug-likeness (QED) is 0.805. The number of rotatable bonds is 6. The van der Waals surface area contributed by atoms with Gasteiger partial charge in [-0.2, -0.15) is 0 Å². The van der Waals surface area contributed by atoms with Gasteiger partial charge in [-0.05, 0) is 44.9 Å². The highest BCUT2D eigenvalue weighted by Gasteiger charge is 2.37. The summed E-state index contributed by atoms with van der Waals surface area (Å²) in [5, 5.41) is 3.82. The van der Waals surface area contributed by atoms with E-state index in [2.05, 4.69) is 29.0 Å². The number of nitrogens with zero attached hydrogens (tertiary/aromatic N) is 2. The van der Waals surface area contributed by atoms with E-state index in [1.807, 2.05) is 0 Å². The average Bonchev–Trinajstić information content (AvgIpc) is 3.17. The van der Waals surface area contributed by atoms with E-state index in [-0.39, 0.29) is 0 Å². The first-order valence-corrected chi connectivity index (χ1v) is 8.87. The third-order valence-electron chi connectivity index (χ3n) is 5.70. The molecule has 1 heterocycles. The van der Waals surface area contributed by atoms with E-state index in [1.54, 1.807) is 0 Å². The molecule has 1 N–H and O–H groups in total. The van der Waals surface area contributed by atoms with Crippen LogP contribution in [0.4, 0.5) is 0 Å². The smallest absolute Gasteiger partial charge is 0.0113 e. The van der Waals surface area contributed by atoms with Gasteiger partial charge in [0.15, 0.2) is 0 Å². The van der Waals surface area contributed by atoms with Crippen molar-refractivity contribution < 1.29 is 0 Å². The molecule has 0 aromatic carbocycles. The van der Waals surface area contributed by atoms with Crippen molar-refractivity contribution in [3.8, 4) is 0 Å². The van der Waals surface area contributed by atoms with Gasteiger partial charge in [-0.3, -0.25) is 4.90 Å². The Morgan fingerprint density at radius 2 is 1.70 bits per heavy atom. The molecule has 3 fully saturated rings. The van der Waals surface area contributed by atoms with Gasteiger partial charge in [0.1, 0.15) is 0 Å². The van der Waals surface area contributed by atoms with Crippen molar-refractivity contribution in [1.29, 1.82) is 0 Å². The first-order valence-electron chi connectivity index (χ1n) is 8.87. The van der Waals surface area contributed by atoms with E-state index >= 15 is 0 Å². The van der Waals surface area contributed by atoms with Crippen LogP contribution in [0.1, 0.15) is 52.4 Å². The summed E-state index contributed by atoms with van der Waals surface area (Å²) < 4.78 is 0. The minimum Gasteiger partial charge on any atom is -0.313 e. The lowest BCUT2D eigenvalue weighted by Crippen LogP contribution is -2.52. The van der Waals surface area contributed by atoms with Gasteiger partial charge in [0.05, 0.1) is 0 Å². The Balaban J connectivity index is 1.49. The predicted molar refractivity (Wildman–Crippen MR) is 85.1 cm³/mol. The summed E-state index contributed by atoms with van der Waals surface area (Å²) in [4.78, 5) is 5.37. The van der Waals surface area contributed by atoms with Gasteiger partial charge in [0.2, 0.25) is 0 Å². The van der Waals surface area contributed by atoms with E-state index in [9.17, 15) is 0 Å². The first-order chi connectivity index (χ1) is 9.67. The van der Waals surface area contributed by atoms with E-state index in [0.717, 1.165) is 6.04 Å². The zero-order valence-electron chi connectivity index (χ0n) is 13.5. The monoisotopic (exact) mass is 279 g/mol. The molecule has 3 aliphatic rings. The predicted octanol–water partition coefficient (Wildman–Crippen LogP) is 2.32. The van der Waals surface area contributed by atoms with Crippen molar-refractivity contribution >= 4 is 0 Å². The van der Waals surface area contributed by atoms with E-state index in [4.69, 9.17) is 0 Å². The molecule has 3 rings (SSSR count). The molecule has 0 amide bonds. The minimum absolute atomic E-state index is 0.600. The van der Waals surface area contributed by atoms with Gasteiger partial charge in [-0.25, -0.2) is 0 Å². The van der Waals surface area contributed by atoms with Gasteiger partial charge in [0, 0.05) is 51.4 Å². The maximum Gasteiger partial charge on any atom is 0.0113 e. The molecule has 1 aliphatic heterocycles. The molecule has 0 bridgehead atoms. The lowest BCUT2D eigenvalue weighted by Gasteiger charge is -2.41. The normalized spacial score (nSPS) is 28.4. The molecule has 3 heteroatoms. The lowest BCUT2D eigenvalue weighted by molar-refractivity contribution is 0.0709. The summed E-state index contributed by atoms with van der Waals surface area (Å²) in [6.07, 6.45) is 8.66. The van der Waals surface area contributed by atoms with Crippen molar-refractivity contribution in [2.24, 2.45) is 5.41 Å². The highest BCUT2D eigenvalue weighted by Crippen LogP contribution is 2.39. The fourth-order valence-corrected chi connectivity index (χ4v) is 4.08. The van der Waals surface area contributed by atoms with E-state index < -0.39 is 0 Å².